The molecule has 8 nitrogen and oxygen atoms in total. The van der Waals surface area contributed by atoms with E-state index in [1.165, 1.54) is 35.2 Å². The maximum absolute atomic E-state index is 10.8. The summed E-state index contributed by atoms with van der Waals surface area (Å²) in [7, 11) is 3.84. The van der Waals surface area contributed by atoms with Crippen LogP contribution in [0.5, 0.6) is 0 Å². The molecule has 134 valence electrons. The predicted octanol–water partition coefficient (Wildman–Crippen LogP) is 3.68. The Kier molecular flexibility index (Phi) is 5.43. The Morgan fingerprint density at radius 1 is 1.19 bits per heavy atom. The number of hydrogen-bond acceptors (Lipinski definition) is 9. The van der Waals surface area contributed by atoms with Gasteiger partial charge in [-0.05, 0) is 36.4 Å². The fourth-order valence-corrected chi connectivity index (χ4v) is 3.82. The van der Waals surface area contributed by atoms with Crippen molar-refractivity contribution in [3.63, 3.8) is 0 Å². The molecule has 3 rings (SSSR count). The summed E-state index contributed by atoms with van der Waals surface area (Å²) in [5, 5.41) is 20.7. The molecule has 2 aromatic heterocycles. The molecule has 0 amide bonds. The average molecular weight is 388 g/mol. The third-order valence-corrected chi connectivity index (χ3v) is 5.48. The molecule has 0 saturated heterocycles. The van der Waals surface area contributed by atoms with Crippen molar-refractivity contribution in [2.24, 2.45) is 0 Å². The SMILES string of the molecule is CCc1cc(Sc2nnc(N(C)C)s2)nc(-c2ccc([N+](=O)[O-])cc2)n1. The molecular formula is C16H16N6O2S2. The first-order valence-electron chi connectivity index (χ1n) is 7.77. The zero-order valence-corrected chi connectivity index (χ0v) is 16.0. The summed E-state index contributed by atoms with van der Waals surface area (Å²) in [5.74, 6) is 0.541. The molecule has 3 aromatic rings. The largest absolute Gasteiger partial charge is 0.353 e. The molecule has 0 unspecified atom stereocenters. The number of aryl methyl sites for hydroxylation is 1. The maximum atomic E-state index is 10.8. The van der Waals surface area contributed by atoms with Crippen molar-refractivity contribution in [1.29, 1.82) is 0 Å². The van der Waals surface area contributed by atoms with E-state index in [1.54, 1.807) is 12.1 Å². The predicted molar refractivity (Wildman–Crippen MR) is 102 cm³/mol. The van der Waals surface area contributed by atoms with Gasteiger partial charge < -0.3 is 4.90 Å². The third kappa shape index (κ3) is 4.14. The minimum atomic E-state index is -0.424. The van der Waals surface area contributed by atoms with Gasteiger partial charge in [-0.2, -0.15) is 0 Å². The zero-order valence-electron chi connectivity index (χ0n) is 14.4. The molecule has 0 spiro atoms. The van der Waals surface area contributed by atoms with E-state index in [4.69, 9.17) is 0 Å². The number of hydrogen-bond donors (Lipinski definition) is 0. The summed E-state index contributed by atoms with van der Waals surface area (Å²) in [6.45, 7) is 2.02. The highest BCUT2D eigenvalue weighted by atomic mass is 32.2. The Bertz CT molecular complexity index is 927. The van der Waals surface area contributed by atoms with Crippen LogP contribution in [0.4, 0.5) is 10.8 Å². The first kappa shape index (κ1) is 18.2. The third-order valence-electron chi connectivity index (χ3n) is 3.42. The second-order valence-corrected chi connectivity index (χ2v) is 7.75. The van der Waals surface area contributed by atoms with Gasteiger partial charge in [-0.25, -0.2) is 9.97 Å². The van der Waals surface area contributed by atoms with Crippen molar-refractivity contribution in [3.8, 4) is 11.4 Å². The van der Waals surface area contributed by atoms with E-state index in [1.807, 2.05) is 32.0 Å². The van der Waals surface area contributed by atoms with Crippen LogP contribution < -0.4 is 4.90 Å². The Morgan fingerprint density at radius 3 is 2.50 bits per heavy atom. The van der Waals surface area contributed by atoms with Crippen LogP contribution in [0.1, 0.15) is 12.6 Å². The number of anilines is 1. The van der Waals surface area contributed by atoms with Gasteiger partial charge in [-0.1, -0.05) is 18.3 Å². The van der Waals surface area contributed by atoms with Crippen LogP contribution in [-0.4, -0.2) is 39.2 Å². The molecule has 0 aliphatic rings. The first-order valence-corrected chi connectivity index (χ1v) is 9.41. The van der Waals surface area contributed by atoms with Gasteiger partial charge in [-0.15, -0.1) is 10.2 Å². The Balaban J connectivity index is 1.91. The fourth-order valence-electron chi connectivity index (χ4n) is 2.08. The molecule has 26 heavy (non-hydrogen) atoms. The van der Waals surface area contributed by atoms with Gasteiger partial charge in [0, 0.05) is 37.5 Å². The van der Waals surface area contributed by atoms with Gasteiger partial charge in [0.2, 0.25) is 5.13 Å². The van der Waals surface area contributed by atoms with Crippen LogP contribution in [0.25, 0.3) is 11.4 Å². The van der Waals surface area contributed by atoms with Crippen LogP contribution >= 0.6 is 23.1 Å². The van der Waals surface area contributed by atoms with Crippen molar-refractivity contribution in [2.45, 2.75) is 22.7 Å². The number of benzene rings is 1. The van der Waals surface area contributed by atoms with E-state index in [9.17, 15) is 10.1 Å². The number of non-ortho nitro benzene ring substituents is 1. The van der Waals surface area contributed by atoms with E-state index in [0.717, 1.165) is 32.2 Å². The minimum absolute atomic E-state index is 0.0417. The molecule has 0 saturated carbocycles. The van der Waals surface area contributed by atoms with Gasteiger partial charge in [0.1, 0.15) is 5.03 Å². The molecule has 0 atom stereocenters. The van der Waals surface area contributed by atoms with Gasteiger partial charge in [0.25, 0.3) is 5.69 Å². The molecule has 1 aromatic carbocycles. The van der Waals surface area contributed by atoms with Crippen molar-refractivity contribution >= 4 is 33.9 Å². The van der Waals surface area contributed by atoms with E-state index in [-0.39, 0.29) is 5.69 Å². The van der Waals surface area contributed by atoms with E-state index >= 15 is 0 Å². The zero-order chi connectivity index (χ0) is 18.7. The monoisotopic (exact) mass is 388 g/mol. The fraction of sp³-hybridized carbons (Fsp3) is 0.250. The van der Waals surface area contributed by atoms with Crippen molar-refractivity contribution in [1.82, 2.24) is 20.2 Å². The summed E-state index contributed by atoms with van der Waals surface area (Å²) in [4.78, 5) is 21.4. The van der Waals surface area contributed by atoms with E-state index in [2.05, 4.69) is 20.2 Å². The molecule has 0 aliphatic heterocycles. The van der Waals surface area contributed by atoms with Crippen molar-refractivity contribution in [3.05, 3.63) is 46.1 Å². The molecular weight excluding hydrogens is 372 g/mol. The summed E-state index contributed by atoms with van der Waals surface area (Å²) in [6.07, 6.45) is 0.759. The quantitative estimate of drug-likeness (QED) is 0.358. The lowest BCUT2D eigenvalue weighted by Gasteiger charge is -2.06. The minimum Gasteiger partial charge on any atom is -0.353 e. The Morgan fingerprint density at radius 2 is 1.92 bits per heavy atom. The summed E-state index contributed by atoms with van der Waals surface area (Å²) >= 11 is 2.92. The highest BCUT2D eigenvalue weighted by Gasteiger charge is 2.13. The number of aromatic nitrogens is 4. The summed E-state index contributed by atoms with van der Waals surface area (Å²) < 4.78 is 0.795. The van der Waals surface area contributed by atoms with Crippen LogP contribution in [0.3, 0.4) is 0 Å². The molecule has 0 bridgehead atoms. The first-order chi connectivity index (χ1) is 12.5. The van der Waals surface area contributed by atoms with Crippen molar-refractivity contribution < 1.29 is 4.92 Å². The molecule has 10 heteroatoms. The lowest BCUT2D eigenvalue weighted by Crippen LogP contribution is -2.07. The molecule has 0 N–H and O–H groups in total. The smallest absolute Gasteiger partial charge is 0.269 e. The molecule has 0 fully saturated rings. The van der Waals surface area contributed by atoms with Gasteiger partial charge in [-0.3, -0.25) is 10.1 Å². The number of nitrogens with zero attached hydrogens (tertiary/aromatic N) is 6. The van der Waals surface area contributed by atoms with Gasteiger partial charge in [0.15, 0.2) is 10.2 Å². The highest BCUT2D eigenvalue weighted by molar-refractivity contribution is 8.01. The normalized spacial score (nSPS) is 10.7. The summed E-state index contributed by atoms with van der Waals surface area (Å²) in [5.41, 5.74) is 1.67. The number of rotatable bonds is 6. The van der Waals surface area contributed by atoms with Crippen LogP contribution in [0.15, 0.2) is 39.7 Å². The molecule has 0 radical (unpaired) electrons. The lowest BCUT2D eigenvalue weighted by atomic mass is 10.2. The van der Waals surface area contributed by atoms with Crippen molar-refractivity contribution in [2.75, 3.05) is 19.0 Å². The standard InChI is InChI=1S/C16H16N6O2S2/c1-4-11-9-13(25-16-20-19-15(26-16)21(2)3)18-14(17-11)10-5-7-12(8-6-10)22(23)24/h5-9H,4H2,1-3H3. The molecule has 0 aliphatic carbocycles. The Hall–Kier alpha value is -2.59. The summed E-state index contributed by atoms with van der Waals surface area (Å²) in [6, 6.07) is 8.17. The maximum Gasteiger partial charge on any atom is 0.269 e. The topological polar surface area (TPSA) is 97.9 Å². The molecule has 2 heterocycles. The van der Waals surface area contributed by atoms with Crippen LogP contribution in [0.2, 0.25) is 0 Å². The van der Waals surface area contributed by atoms with Gasteiger partial charge in [0.05, 0.1) is 4.92 Å². The number of nitro groups is 1. The van der Waals surface area contributed by atoms with Crippen LogP contribution in [0, 0.1) is 10.1 Å². The second-order valence-electron chi connectivity index (χ2n) is 5.53. The highest BCUT2D eigenvalue weighted by Crippen LogP contribution is 2.33. The second kappa shape index (κ2) is 7.75. The van der Waals surface area contributed by atoms with Crippen LogP contribution in [-0.2, 0) is 6.42 Å². The van der Waals surface area contributed by atoms with E-state index < -0.39 is 4.92 Å². The number of nitro benzene ring substituents is 1. The Labute approximate surface area is 158 Å². The lowest BCUT2D eigenvalue weighted by molar-refractivity contribution is -0.384. The van der Waals surface area contributed by atoms with Gasteiger partial charge >= 0.3 is 0 Å². The van der Waals surface area contributed by atoms with E-state index in [0.29, 0.717) is 5.82 Å². The average Bonchev–Trinajstić information content (AvgIpc) is 3.10.